The molecule has 6 amide bonds. The van der Waals surface area contributed by atoms with Crippen LogP contribution < -0.4 is 32.3 Å². The van der Waals surface area contributed by atoms with Gasteiger partial charge >= 0.3 is 5.97 Å². The molecule has 8 atom stereocenters. The molecule has 9 N–H and O–H groups in total. The molecule has 0 aromatic rings. The monoisotopic (exact) mass is 990 g/mol. The minimum absolute atomic E-state index is 0.0399. The van der Waals surface area contributed by atoms with Gasteiger partial charge in [0.25, 0.3) is 0 Å². The number of hydrogen-bond acceptors (Lipinski definition) is 14. The fourth-order valence-electron chi connectivity index (χ4n) is 8.88. The summed E-state index contributed by atoms with van der Waals surface area (Å²) in [6.45, 7) is 10.7. The van der Waals surface area contributed by atoms with E-state index in [1.54, 1.807) is 0 Å². The van der Waals surface area contributed by atoms with Crippen molar-refractivity contribution in [1.82, 2.24) is 31.5 Å². The Bertz CT molecular complexity index is 1870. The fraction of sp³-hybridized carbons (Fsp3) is 0.755. The van der Waals surface area contributed by atoms with Gasteiger partial charge in [0.2, 0.25) is 35.4 Å². The van der Waals surface area contributed by atoms with Crippen LogP contribution in [0, 0.1) is 29.6 Å². The molecule has 70 heavy (non-hydrogen) atoms. The summed E-state index contributed by atoms with van der Waals surface area (Å²) in [4.78, 5) is 155. The number of nitrogens with two attached hydrogens (primary N) is 1. The van der Waals surface area contributed by atoms with E-state index < -0.39 is 107 Å². The first-order valence-electron chi connectivity index (χ1n) is 24.8. The molecule has 21 nitrogen and oxygen atoms in total. The quantitative estimate of drug-likeness (QED) is 0.0411. The Morgan fingerprint density at radius 2 is 1.37 bits per heavy atom. The van der Waals surface area contributed by atoms with E-state index in [2.05, 4.69) is 26.6 Å². The number of primary amides is 1. The normalized spacial score (nSPS) is 18.8. The Balaban J connectivity index is 1.96. The van der Waals surface area contributed by atoms with Crippen LogP contribution in [0.1, 0.15) is 151 Å². The number of likely N-dealkylation sites (tertiary alicyclic amines) is 1. The topological polar surface area (TPSA) is 335 Å². The predicted molar refractivity (Wildman–Crippen MR) is 255 cm³/mol. The van der Waals surface area contributed by atoms with E-state index in [-0.39, 0.29) is 126 Å². The van der Waals surface area contributed by atoms with Crippen LogP contribution in [0.5, 0.6) is 0 Å². The number of aliphatic hydroxyl groups excluding tert-OH is 1. The Hall–Kier alpha value is -5.44. The van der Waals surface area contributed by atoms with Crippen molar-refractivity contribution in [3.63, 3.8) is 0 Å². The van der Waals surface area contributed by atoms with Crippen molar-refractivity contribution in [2.75, 3.05) is 26.2 Å². The lowest BCUT2D eigenvalue weighted by Crippen LogP contribution is -2.45. The van der Waals surface area contributed by atoms with Crippen LogP contribution in [0.25, 0.3) is 0 Å². The van der Waals surface area contributed by atoms with Gasteiger partial charge in [0.15, 0.2) is 23.1 Å². The second-order valence-electron chi connectivity index (χ2n) is 19.9. The van der Waals surface area contributed by atoms with Gasteiger partial charge in [-0.1, -0.05) is 34.1 Å². The molecule has 0 radical (unpaired) electrons. The van der Waals surface area contributed by atoms with E-state index in [0.29, 0.717) is 32.2 Å². The van der Waals surface area contributed by atoms with E-state index >= 15 is 0 Å². The lowest BCUT2D eigenvalue weighted by Gasteiger charge is -2.25. The number of amides is 6. The Labute approximate surface area is 411 Å². The third kappa shape index (κ3) is 23.0. The lowest BCUT2D eigenvalue weighted by atomic mass is 9.88. The molecule has 0 unspecified atom stereocenters. The van der Waals surface area contributed by atoms with Crippen LogP contribution in [0.15, 0.2) is 0 Å². The molecular formula is C49H79N7O14. The molecule has 2 rings (SSSR count). The highest BCUT2D eigenvalue weighted by atomic mass is 16.4. The fourth-order valence-corrected chi connectivity index (χ4v) is 8.88. The number of carboxylic acid groups (broad SMARTS) is 1. The molecule has 2 aliphatic rings. The maximum absolute atomic E-state index is 13.6. The number of carbonyl (C=O) groups is 12. The first-order valence-corrected chi connectivity index (χ1v) is 24.8. The highest BCUT2D eigenvalue weighted by molar-refractivity contribution is 5.97. The number of rotatable bonds is 35. The van der Waals surface area contributed by atoms with Crippen LogP contribution in [0.4, 0.5) is 0 Å². The summed E-state index contributed by atoms with van der Waals surface area (Å²) in [6.07, 6.45) is 0.171. The van der Waals surface area contributed by atoms with Crippen molar-refractivity contribution in [3.8, 4) is 0 Å². The van der Waals surface area contributed by atoms with Gasteiger partial charge in [0.1, 0.15) is 5.78 Å². The van der Waals surface area contributed by atoms with Gasteiger partial charge in [-0.3, -0.25) is 57.5 Å². The molecule has 2 aliphatic heterocycles. The van der Waals surface area contributed by atoms with E-state index in [1.807, 2.05) is 27.7 Å². The van der Waals surface area contributed by atoms with E-state index in [9.17, 15) is 67.7 Å². The number of nitrogens with one attached hydrogen (secondary N) is 5. The minimum Gasteiger partial charge on any atom is -0.481 e. The van der Waals surface area contributed by atoms with Crippen LogP contribution in [-0.2, 0) is 57.5 Å². The summed E-state index contributed by atoms with van der Waals surface area (Å²) in [6, 6.07) is -3.59. The second-order valence-corrected chi connectivity index (χ2v) is 19.9. The van der Waals surface area contributed by atoms with Crippen molar-refractivity contribution in [3.05, 3.63) is 0 Å². The average Bonchev–Trinajstić information content (AvgIpc) is 3.96. The minimum atomic E-state index is -1.18. The summed E-state index contributed by atoms with van der Waals surface area (Å²) in [7, 11) is 0. The molecule has 0 spiro atoms. The highest BCUT2D eigenvalue weighted by Gasteiger charge is 2.37. The SMILES string of the molecule is CC(=O)NCCCC[C@H](CC(=O)[C@@H]1CCCN1C(=O)CCC(=O)[C@H](C)NC(=O)[C@@H](CC(=O)CNC(=O)[C@@H](CC(=O)[C@H](CCC(N)=O)NC(=O)CCC(=O)[C@@H]1C[C@@H](O)CN1)CC(C)C)CC(C)C)C(=O)O. The zero-order chi connectivity index (χ0) is 52.7. The van der Waals surface area contributed by atoms with Gasteiger partial charge in [-0.05, 0) is 70.1 Å². The van der Waals surface area contributed by atoms with Gasteiger partial charge < -0.3 is 47.4 Å². The summed E-state index contributed by atoms with van der Waals surface area (Å²) in [5, 5.41) is 32.8. The summed E-state index contributed by atoms with van der Waals surface area (Å²) in [5.41, 5.74) is 5.33. The van der Waals surface area contributed by atoms with Gasteiger partial charge in [-0.15, -0.1) is 0 Å². The molecule has 2 heterocycles. The first-order chi connectivity index (χ1) is 32.9. The van der Waals surface area contributed by atoms with Crippen molar-refractivity contribution in [2.24, 2.45) is 35.3 Å². The molecule has 2 fully saturated rings. The second kappa shape index (κ2) is 31.0. The van der Waals surface area contributed by atoms with Crippen LogP contribution in [0.3, 0.4) is 0 Å². The molecule has 2 saturated heterocycles. The number of hydrogen-bond donors (Lipinski definition) is 8. The molecule has 394 valence electrons. The van der Waals surface area contributed by atoms with E-state index in [4.69, 9.17) is 5.73 Å². The molecule has 21 heteroatoms. The lowest BCUT2D eigenvalue weighted by molar-refractivity contribution is -0.145. The molecule has 0 bridgehead atoms. The zero-order valence-corrected chi connectivity index (χ0v) is 41.9. The van der Waals surface area contributed by atoms with Crippen LogP contribution in [-0.4, -0.2) is 142 Å². The Morgan fingerprint density at radius 1 is 0.714 bits per heavy atom. The van der Waals surface area contributed by atoms with E-state index in [1.165, 1.54) is 18.7 Å². The predicted octanol–water partition coefficient (Wildman–Crippen LogP) is 0.979. The average molecular weight is 990 g/mol. The molecule has 0 aromatic carbocycles. The zero-order valence-electron chi connectivity index (χ0n) is 41.9. The summed E-state index contributed by atoms with van der Waals surface area (Å²) < 4.78 is 0. The third-order valence-corrected chi connectivity index (χ3v) is 12.7. The van der Waals surface area contributed by atoms with Crippen molar-refractivity contribution < 1.29 is 67.7 Å². The van der Waals surface area contributed by atoms with Crippen molar-refractivity contribution in [2.45, 2.75) is 181 Å². The highest BCUT2D eigenvalue weighted by Crippen LogP contribution is 2.25. The van der Waals surface area contributed by atoms with Crippen LogP contribution >= 0.6 is 0 Å². The third-order valence-electron chi connectivity index (χ3n) is 12.7. The number of carbonyl (C=O) groups excluding carboxylic acids is 11. The molecule has 0 saturated carbocycles. The number of Topliss-reactive ketones (excluding diaryl/α,β-unsaturated/α-hetero) is 5. The Morgan fingerprint density at radius 3 is 1.96 bits per heavy atom. The molecule has 0 aromatic heterocycles. The van der Waals surface area contributed by atoms with Crippen molar-refractivity contribution >= 4 is 70.3 Å². The van der Waals surface area contributed by atoms with Gasteiger partial charge in [0.05, 0.1) is 42.7 Å². The largest absolute Gasteiger partial charge is 0.481 e. The smallest absolute Gasteiger partial charge is 0.306 e. The number of aliphatic carboxylic acids is 1. The van der Waals surface area contributed by atoms with Crippen molar-refractivity contribution in [1.29, 1.82) is 0 Å². The number of carboxylic acids is 1. The first kappa shape index (κ1) is 60.7. The molecule has 0 aliphatic carbocycles. The standard InChI is InChI=1S/C49H79N7O14/c1-28(2)20-33(48(68)54-30(5)40(60)14-17-46(66)56-19-9-11-39(56)43(63)23-32(49(69)70)10-7-8-18-51-31(6)57)22-35(58)27-53-47(67)34(21-29(3)4)24-42(62)37(12-15-44(50)64)55-45(65)16-13-41(61)38-25-36(59)26-52-38/h28-30,32-34,36-39,52,59H,7-27H2,1-6H3,(H2,50,64)(H,51,57)(H,53,67)(H,54,68)(H,55,65)(H,69,70)/t30-,32+,33+,34+,36+,37-,38-,39-/m0/s1. The number of ketones is 5. The summed E-state index contributed by atoms with van der Waals surface area (Å²) in [5.74, 6) is -9.20. The Kier molecular flexibility index (Phi) is 26.9. The maximum atomic E-state index is 13.6. The van der Waals surface area contributed by atoms with Gasteiger partial charge in [-0.25, -0.2) is 0 Å². The van der Waals surface area contributed by atoms with Gasteiger partial charge in [0, 0.05) is 89.8 Å². The summed E-state index contributed by atoms with van der Waals surface area (Å²) >= 11 is 0. The number of aliphatic hydroxyl groups is 1. The van der Waals surface area contributed by atoms with E-state index in [0.717, 1.165) is 0 Å². The van der Waals surface area contributed by atoms with Gasteiger partial charge in [-0.2, -0.15) is 0 Å². The van der Waals surface area contributed by atoms with Crippen LogP contribution in [0.2, 0.25) is 0 Å². The maximum Gasteiger partial charge on any atom is 0.306 e. The number of β-amino-alcohol motifs (C(OH)–C–C–N with tert-alkyl or cyclic N) is 1. The molecular weight excluding hydrogens is 911 g/mol. The number of unbranched alkanes of at least 4 members (excludes halogenated alkanes) is 1. The number of nitrogens with zero attached hydrogens (tertiary/aromatic N) is 1.